The zero-order valence-corrected chi connectivity index (χ0v) is 54.6. The average molecular weight is 1120 g/mol. The number of ether oxygens (including phenoxy) is 1. The Morgan fingerprint density at radius 2 is 0.683 bits per heavy atom. The lowest BCUT2D eigenvalue weighted by Crippen LogP contribution is -2.12. The van der Waals surface area contributed by atoms with Crippen LogP contribution < -0.4 is 4.74 Å². The second kappa shape index (κ2) is 27.4. The number of fused-ring (bicyclic) bond motifs is 4. The molecule has 4 heterocycles. The summed E-state index contributed by atoms with van der Waals surface area (Å²) in [4.78, 5) is 17.5. The van der Waals surface area contributed by atoms with Crippen LogP contribution >= 0.6 is 11.6 Å². The fourth-order valence-corrected chi connectivity index (χ4v) is 9.65. The number of hydrogen-bond acceptors (Lipinski definition) is 5. The Morgan fingerprint density at radius 3 is 1.12 bits per heavy atom. The van der Waals surface area contributed by atoms with Crippen molar-refractivity contribution in [1.29, 1.82) is 0 Å². The first-order valence-corrected chi connectivity index (χ1v) is 29.3. The molecule has 0 radical (unpaired) electrons. The van der Waals surface area contributed by atoms with E-state index in [0.717, 1.165) is 32.8 Å². The number of rotatable bonds is 1. The van der Waals surface area contributed by atoms with Crippen LogP contribution in [0.25, 0.3) is 43.6 Å². The van der Waals surface area contributed by atoms with E-state index >= 15 is 0 Å². The monoisotopic (exact) mass is 1110 g/mol. The number of hydrogen-bond donors (Lipinski definition) is 0. The molecule has 0 bridgehead atoms. The predicted octanol–water partition coefficient (Wildman–Crippen LogP) is 21.7. The van der Waals surface area contributed by atoms with E-state index in [2.05, 4.69) is 281 Å². The van der Waals surface area contributed by atoms with Crippen LogP contribution in [0.2, 0.25) is 5.02 Å². The first kappa shape index (κ1) is 65.9. The molecule has 0 aliphatic rings. The number of pyridine rings is 4. The Balaban J connectivity index is 0.000000182. The highest BCUT2D eigenvalue weighted by Crippen LogP contribution is 2.34. The summed E-state index contributed by atoms with van der Waals surface area (Å²) in [5.41, 5.74) is 17.5. The Bertz CT molecular complexity index is 3650. The second-order valence-corrected chi connectivity index (χ2v) is 28.1. The Kier molecular flexibility index (Phi) is 22.0. The second-order valence-electron chi connectivity index (χ2n) is 27.7. The van der Waals surface area contributed by atoms with E-state index in [9.17, 15) is 0 Å². The lowest BCUT2D eigenvalue weighted by molar-refractivity contribution is 0.415. The summed E-state index contributed by atoms with van der Waals surface area (Å²) < 4.78 is 5.21. The third kappa shape index (κ3) is 18.8. The van der Waals surface area contributed by atoms with Gasteiger partial charge in [-0.05, 0) is 164 Å². The zero-order valence-electron chi connectivity index (χ0n) is 53.8. The highest BCUT2D eigenvalue weighted by atomic mass is 35.5. The number of benzene rings is 6. The summed E-state index contributed by atoms with van der Waals surface area (Å²) in [5, 5.41) is 5.69. The van der Waals surface area contributed by atoms with Crippen molar-refractivity contribution < 1.29 is 4.74 Å². The van der Waals surface area contributed by atoms with Crippen molar-refractivity contribution in [2.75, 3.05) is 7.11 Å². The molecule has 0 spiro atoms. The van der Waals surface area contributed by atoms with Crippen LogP contribution in [0.3, 0.4) is 0 Å². The molecule has 10 aromatic rings. The third-order valence-electron chi connectivity index (χ3n) is 14.5. The summed E-state index contributed by atoms with van der Waals surface area (Å²) in [6, 6.07) is 52.4. The fourth-order valence-electron chi connectivity index (χ4n) is 9.49. The molecule has 0 amide bonds. The predicted molar refractivity (Wildman–Crippen MR) is 358 cm³/mol. The summed E-state index contributed by atoms with van der Waals surface area (Å²) in [7, 11) is 1.68. The summed E-state index contributed by atoms with van der Waals surface area (Å²) >= 11 is 5.95. The van der Waals surface area contributed by atoms with Crippen molar-refractivity contribution in [1.82, 2.24) is 19.9 Å². The van der Waals surface area contributed by atoms with E-state index in [-0.39, 0.29) is 27.1 Å². The quantitative estimate of drug-likeness (QED) is 0.164. The number of methoxy groups -OCH3 is 1. The normalized spacial score (nSPS) is 11.8. The Morgan fingerprint density at radius 1 is 0.317 bits per heavy atom. The molecule has 0 aliphatic carbocycles. The lowest BCUT2D eigenvalue weighted by Gasteiger charge is -2.21. The Hall–Kier alpha value is -6.95. The van der Waals surface area contributed by atoms with Crippen LogP contribution in [0.4, 0.5) is 0 Å². The van der Waals surface area contributed by atoms with Gasteiger partial charge in [0.25, 0.3) is 0 Å². The molecule has 0 aliphatic heterocycles. The van der Waals surface area contributed by atoms with Gasteiger partial charge in [-0.15, -0.1) is 0 Å². The van der Waals surface area contributed by atoms with E-state index in [1.54, 1.807) is 7.11 Å². The van der Waals surface area contributed by atoms with E-state index in [1.807, 2.05) is 61.2 Å². The SMILES string of the molecule is CC(C)(C)c1ccccc1.CC(C)(C)c1ccnc2cc(Cl)ccc12.CC(C)(C)c1ccnc2ccccc12.COc1ccc2c(C(C)(C)C)ccnc2c1.Cc1cc2nccc(C(C)(C)C)c2cc1C.Cc1ccc(C(C)(C)C)cc1. The molecule has 5 nitrogen and oxygen atoms in total. The van der Waals surface area contributed by atoms with Crippen LogP contribution in [-0.4, -0.2) is 27.0 Å². The molecule has 0 fully saturated rings. The number of aryl methyl sites for hydroxylation is 3. The van der Waals surface area contributed by atoms with Gasteiger partial charge in [-0.2, -0.15) is 0 Å². The summed E-state index contributed by atoms with van der Waals surface area (Å²) in [6.45, 7) is 46.5. The van der Waals surface area contributed by atoms with Gasteiger partial charge >= 0.3 is 0 Å². The van der Waals surface area contributed by atoms with Crippen molar-refractivity contribution in [3.8, 4) is 5.75 Å². The maximum Gasteiger partial charge on any atom is 0.121 e. The number of aromatic nitrogens is 4. The van der Waals surface area contributed by atoms with E-state index in [4.69, 9.17) is 16.3 Å². The van der Waals surface area contributed by atoms with Gasteiger partial charge < -0.3 is 4.74 Å². The van der Waals surface area contributed by atoms with E-state index < -0.39 is 0 Å². The van der Waals surface area contributed by atoms with Crippen molar-refractivity contribution in [2.24, 2.45) is 0 Å². The van der Waals surface area contributed by atoms with Gasteiger partial charge in [0.1, 0.15) is 5.75 Å². The van der Waals surface area contributed by atoms with Gasteiger partial charge in [-0.25, -0.2) is 0 Å². The number of halogens is 1. The van der Waals surface area contributed by atoms with Gasteiger partial charge in [-0.3, -0.25) is 19.9 Å². The molecule has 0 saturated carbocycles. The minimum absolute atomic E-state index is 0.134. The van der Waals surface area contributed by atoms with E-state index in [1.165, 1.54) is 71.6 Å². The fraction of sp³-hybridized carbons (Fsp3) is 0.368. The van der Waals surface area contributed by atoms with Gasteiger partial charge in [0.15, 0.2) is 0 Å². The van der Waals surface area contributed by atoms with Crippen LogP contribution in [-0.2, 0) is 32.5 Å². The van der Waals surface area contributed by atoms with Crippen molar-refractivity contribution in [3.05, 3.63) is 232 Å². The standard InChI is InChI=1S/C15H19N.C14H17NO.C13H14ClN.C13H15N.C11H16.C10H14/c1-10-8-12-13(15(3,4)5)6-7-16-14(12)9-11(10)2;1-14(2,3)12-7-8-15-13-9-10(16-4)5-6-11(12)13;1-13(2,3)11-6-7-15-12-8-9(14)4-5-10(11)12;1-13(2,3)11-8-9-14-12-7-5-4-6-10(11)12;1-9-5-7-10(8-6-9)11(2,3)4;1-10(2,3)9-7-5-4-6-8-9/h6-9H,1-5H3;5-9H,1-4H3;4-8H,1-3H3;4-9H,1-3H3;5-8H,1-4H3;4-8H,1-3H3. The molecule has 6 aromatic carbocycles. The topological polar surface area (TPSA) is 60.8 Å². The molecular weight excluding hydrogens is 1020 g/mol. The van der Waals surface area contributed by atoms with Gasteiger partial charge in [0, 0.05) is 57.4 Å². The van der Waals surface area contributed by atoms with Crippen molar-refractivity contribution >= 4 is 55.2 Å². The Labute approximate surface area is 499 Å². The molecule has 4 aromatic heterocycles. The summed E-state index contributed by atoms with van der Waals surface area (Å²) in [6.07, 6.45) is 7.52. The van der Waals surface area contributed by atoms with Crippen molar-refractivity contribution in [3.63, 3.8) is 0 Å². The number of nitrogens with zero attached hydrogens (tertiary/aromatic N) is 4. The van der Waals surface area contributed by atoms with Gasteiger partial charge in [0.2, 0.25) is 0 Å². The summed E-state index contributed by atoms with van der Waals surface area (Å²) in [5.74, 6) is 0.853. The zero-order chi connectivity index (χ0) is 61.0. The molecule has 0 saturated heterocycles. The lowest BCUT2D eigenvalue weighted by atomic mass is 9.84. The largest absolute Gasteiger partial charge is 0.497 e. The first-order valence-electron chi connectivity index (χ1n) is 28.9. The van der Waals surface area contributed by atoms with Gasteiger partial charge in [-0.1, -0.05) is 221 Å². The number of para-hydroxylation sites is 1. The third-order valence-corrected chi connectivity index (χ3v) is 14.7. The molecule has 10 rings (SSSR count). The molecule has 82 heavy (non-hydrogen) atoms. The van der Waals surface area contributed by atoms with Crippen LogP contribution in [0.1, 0.15) is 175 Å². The van der Waals surface area contributed by atoms with E-state index in [0.29, 0.717) is 5.41 Å². The molecule has 0 unspecified atom stereocenters. The first-order chi connectivity index (χ1) is 38.1. The molecule has 432 valence electrons. The molecular formula is C76H95ClN4O. The molecule has 0 atom stereocenters. The van der Waals surface area contributed by atoms with Crippen LogP contribution in [0.5, 0.6) is 5.75 Å². The molecule has 0 N–H and O–H groups in total. The smallest absolute Gasteiger partial charge is 0.121 e. The molecule has 6 heteroatoms. The van der Waals surface area contributed by atoms with Crippen molar-refractivity contribution in [2.45, 2.75) is 178 Å². The van der Waals surface area contributed by atoms with Gasteiger partial charge in [0.05, 0.1) is 29.2 Å². The minimum Gasteiger partial charge on any atom is -0.497 e. The maximum absolute atomic E-state index is 5.95. The van der Waals surface area contributed by atoms with Crippen LogP contribution in [0, 0.1) is 20.8 Å². The average Bonchev–Trinajstić information content (AvgIpc) is 3.50. The minimum atomic E-state index is 0.134. The maximum atomic E-state index is 5.95. The highest BCUT2D eigenvalue weighted by Gasteiger charge is 2.21. The highest BCUT2D eigenvalue weighted by molar-refractivity contribution is 6.31. The van der Waals surface area contributed by atoms with Crippen LogP contribution in [0.15, 0.2) is 176 Å².